The summed E-state index contributed by atoms with van der Waals surface area (Å²) in [7, 11) is 2.12. The van der Waals surface area contributed by atoms with Crippen molar-refractivity contribution in [3.05, 3.63) is 54.4 Å². The Morgan fingerprint density at radius 2 is 1.97 bits per heavy atom. The lowest BCUT2D eigenvalue weighted by atomic mass is 10.1. The largest absolute Gasteiger partial charge is 0.418 e. The summed E-state index contributed by atoms with van der Waals surface area (Å²) < 4.78 is 40.8. The van der Waals surface area contributed by atoms with Crippen LogP contribution in [0.4, 0.5) is 30.6 Å². The summed E-state index contributed by atoms with van der Waals surface area (Å²) in [5, 5.41) is 3.40. The van der Waals surface area contributed by atoms with E-state index in [2.05, 4.69) is 37.1 Å². The Morgan fingerprint density at radius 1 is 1.09 bits per heavy atom. The number of fused-ring (bicyclic) bond motifs is 2. The molecule has 2 atom stereocenters. The Bertz CT molecular complexity index is 1360. The van der Waals surface area contributed by atoms with Crippen LogP contribution in [0.3, 0.4) is 0 Å². The highest BCUT2D eigenvalue weighted by atomic mass is 32.1. The van der Waals surface area contributed by atoms with Gasteiger partial charge in [0, 0.05) is 37.5 Å². The number of thiazole rings is 1. The standard InChI is InChI=1S/C22H18F3N7S/c1-31-11-12-8-19(31)32(12)18-6-2-5-16(30-18)29-17-9-14-15(10-27-17)33-21(28-14)20-13(22(23,24)25)4-3-7-26-20/h2-7,9-10,12,19H,8,11H2,1H3,(H,27,29,30)/t12-,19+/m0/s1. The number of hydrogen-bond acceptors (Lipinski definition) is 8. The zero-order valence-corrected chi connectivity index (χ0v) is 18.2. The number of pyridine rings is 3. The number of nitrogens with one attached hydrogen (secondary N) is 1. The van der Waals surface area contributed by atoms with E-state index in [4.69, 9.17) is 4.98 Å². The fourth-order valence-corrected chi connectivity index (χ4v) is 5.43. The highest BCUT2D eigenvalue weighted by molar-refractivity contribution is 7.21. The predicted octanol–water partition coefficient (Wildman–Crippen LogP) is 4.76. The Morgan fingerprint density at radius 3 is 2.73 bits per heavy atom. The van der Waals surface area contributed by atoms with Gasteiger partial charge in [-0.1, -0.05) is 6.07 Å². The molecular formula is C22H18F3N7S. The monoisotopic (exact) mass is 469 g/mol. The molecule has 1 N–H and O–H groups in total. The van der Waals surface area contributed by atoms with Crippen LogP contribution in [0.2, 0.25) is 0 Å². The van der Waals surface area contributed by atoms with Crippen molar-refractivity contribution >= 4 is 39.0 Å². The Labute approximate surface area is 190 Å². The van der Waals surface area contributed by atoms with Gasteiger partial charge in [0.05, 0.1) is 21.9 Å². The van der Waals surface area contributed by atoms with Gasteiger partial charge in [0.25, 0.3) is 0 Å². The lowest BCUT2D eigenvalue weighted by molar-refractivity contribution is -0.137. The van der Waals surface area contributed by atoms with Gasteiger partial charge >= 0.3 is 6.18 Å². The topological polar surface area (TPSA) is 70.1 Å². The summed E-state index contributed by atoms with van der Waals surface area (Å²) in [4.78, 5) is 22.1. The summed E-state index contributed by atoms with van der Waals surface area (Å²) in [5.74, 6) is 2.08. The average molecular weight is 469 g/mol. The van der Waals surface area contributed by atoms with E-state index < -0.39 is 11.7 Å². The van der Waals surface area contributed by atoms with Crippen molar-refractivity contribution in [2.45, 2.75) is 24.8 Å². The van der Waals surface area contributed by atoms with Crippen LogP contribution < -0.4 is 10.2 Å². The molecule has 168 valence electrons. The van der Waals surface area contributed by atoms with Crippen LogP contribution in [0.1, 0.15) is 12.0 Å². The van der Waals surface area contributed by atoms with Crippen LogP contribution in [0, 0.1) is 0 Å². The molecule has 0 saturated carbocycles. The number of rotatable bonds is 4. The van der Waals surface area contributed by atoms with Crippen LogP contribution in [0.5, 0.6) is 0 Å². The first-order valence-electron chi connectivity index (χ1n) is 10.4. The molecule has 3 aliphatic rings. The van der Waals surface area contributed by atoms with Gasteiger partial charge in [0.1, 0.15) is 28.2 Å². The van der Waals surface area contributed by atoms with Crippen molar-refractivity contribution < 1.29 is 13.2 Å². The minimum Gasteiger partial charge on any atom is -0.336 e. The van der Waals surface area contributed by atoms with Crippen LogP contribution in [0.25, 0.3) is 20.9 Å². The van der Waals surface area contributed by atoms with Gasteiger partial charge in [0.15, 0.2) is 0 Å². The molecule has 2 bridgehead atoms. The number of alkyl halides is 3. The zero-order valence-electron chi connectivity index (χ0n) is 17.4. The third-order valence-corrected chi connectivity index (χ3v) is 7.06. The first-order chi connectivity index (χ1) is 15.9. The maximum Gasteiger partial charge on any atom is 0.418 e. The molecule has 3 fully saturated rings. The molecule has 0 unspecified atom stereocenters. The molecule has 4 aromatic heterocycles. The lowest BCUT2D eigenvalue weighted by Gasteiger charge is -2.41. The van der Waals surface area contributed by atoms with Crippen LogP contribution in [0.15, 0.2) is 48.8 Å². The molecule has 4 aromatic rings. The molecule has 3 saturated heterocycles. The zero-order chi connectivity index (χ0) is 22.7. The molecule has 7 rings (SSSR count). The quantitative estimate of drug-likeness (QED) is 0.462. The van der Waals surface area contributed by atoms with Gasteiger partial charge in [-0.25, -0.2) is 15.0 Å². The Hall–Kier alpha value is -3.31. The third-order valence-electron chi connectivity index (χ3n) is 6.05. The number of likely N-dealkylation sites (N-methyl/N-ethyl adjacent to an activating group) is 1. The van der Waals surface area contributed by atoms with E-state index in [1.165, 1.54) is 12.3 Å². The Kier molecular flexibility index (Phi) is 4.53. The average Bonchev–Trinajstić information content (AvgIpc) is 3.45. The molecule has 0 radical (unpaired) electrons. The van der Waals surface area contributed by atoms with Crippen LogP contribution in [-0.4, -0.2) is 50.6 Å². The van der Waals surface area contributed by atoms with E-state index in [-0.39, 0.29) is 10.7 Å². The SMILES string of the molecule is CN1C[C@@H]2C[C@H]1N2c1cccc(Nc2cc3nc(-c4ncccc4C(F)(F)F)sc3cn2)n1. The number of nitrogens with zero attached hydrogens (tertiary/aromatic N) is 6. The van der Waals surface area contributed by atoms with E-state index in [0.717, 1.165) is 36.2 Å². The molecule has 0 spiro atoms. The van der Waals surface area contributed by atoms with Gasteiger partial charge in [-0.3, -0.25) is 9.88 Å². The fraction of sp³-hybridized carbons (Fsp3) is 0.273. The number of halogens is 3. The molecule has 0 amide bonds. The Balaban J connectivity index is 1.28. The highest BCUT2D eigenvalue weighted by Gasteiger charge is 2.48. The van der Waals surface area contributed by atoms with Crippen molar-refractivity contribution in [1.29, 1.82) is 0 Å². The molecule has 7 heterocycles. The van der Waals surface area contributed by atoms with Crippen molar-refractivity contribution in [3.8, 4) is 10.7 Å². The maximum absolute atomic E-state index is 13.4. The first kappa shape index (κ1) is 20.3. The molecule has 33 heavy (non-hydrogen) atoms. The summed E-state index contributed by atoms with van der Waals surface area (Å²) in [6, 6.07) is 10.3. The van der Waals surface area contributed by atoms with Crippen LogP contribution >= 0.6 is 11.3 Å². The second-order valence-electron chi connectivity index (χ2n) is 8.18. The smallest absolute Gasteiger partial charge is 0.336 e. The highest BCUT2D eigenvalue weighted by Crippen LogP contribution is 2.40. The number of aromatic nitrogens is 4. The van der Waals surface area contributed by atoms with Crippen molar-refractivity contribution in [2.75, 3.05) is 23.8 Å². The van der Waals surface area contributed by atoms with E-state index >= 15 is 0 Å². The summed E-state index contributed by atoms with van der Waals surface area (Å²) >= 11 is 1.13. The second-order valence-corrected chi connectivity index (χ2v) is 9.21. The first-order valence-corrected chi connectivity index (χ1v) is 11.2. The molecule has 11 heteroatoms. The lowest BCUT2D eigenvalue weighted by Crippen LogP contribution is -2.52. The second kappa shape index (κ2) is 7.35. The van der Waals surface area contributed by atoms with Gasteiger partial charge in [0.2, 0.25) is 0 Å². The van der Waals surface area contributed by atoms with E-state index in [9.17, 15) is 13.2 Å². The van der Waals surface area contributed by atoms with Gasteiger partial charge in [-0.05, 0) is 31.3 Å². The maximum atomic E-state index is 13.4. The minimum absolute atomic E-state index is 0.177. The summed E-state index contributed by atoms with van der Waals surface area (Å²) in [5.41, 5.74) is -0.434. The van der Waals surface area contributed by atoms with E-state index in [0.29, 0.717) is 34.1 Å². The molecule has 0 aromatic carbocycles. The molecular weight excluding hydrogens is 451 g/mol. The van der Waals surface area contributed by atoms with Gasteiger partial charge in [-0.2, -0.15) is 13.2 Å². The molecule has 0 aliphatic carbocycles. The van der Waals surface area contributed by atoms with Crippen molar-refractivity contribution in [1.82, 2.24) is 24.8 Å². The third kappa shape index (κ3) is 3.47. The molecule has 7 nitrogen and oxygen atoms in total. The van der Waals surface area contributed by atoms with E-state index in [1.54, 1.807) is 12.3 Å². The fourth-order valence-electron chi connectivity index (χ4n) is 4.50. The normalized spacial score (nSPS) is 20.3. The van der Waals surface area contributed by atoms with Crippen LogP contribution in [-0.2, 0) is 6.18 Å². The van der Waals surface area contributed by atoms with Gasteiger partial charge < -0.3 is 10.2 Å². The van der Waals surface area contributed by atoms with Crippen molar-refractivity contribution in [3.63, 3.8) is 0 Å². The number of hydrogen-bond donors (Lipinski definition) is 1. The number of anilines is 3. The minimum atomic E-state index is -4.51. The molecule has 3 aliphatic heterocycles. The van der Waals surface area contributed by atoms with Crippen molar-refractivity contribution in [2.24, 2.45) is 0 Å². The van der Waals surface area contributed by atoms with E-state index in [1.807, 2.05) is 18.2 Å². The van der Waals surface area contributed by atoms with Gasteiger partial charge in [-0.15, -0.1) is 11.3 Å². The summed E-state index contributed by atoms with van der Waals surface area (Å²) in [6.45, 7) is 1.04. The predicted molar refractivity (Wildman–Crippen MR) is 120 cm³/mol. The summed E-state index contributed by atoms with van der Waals surface area (Å²) in [6.07, 6.45) is -0.0131.